The van der Waals surface area contributed by atoms with Gasteiger partial charge in [-0.05, 0) is 54.3 Å². The lowest BCUT2D eigenvalue weighted by atomic mass is 10.1. The summed E-state index contributed by atoms with van der Waals surface area (Å²) in [6.07, 6.45) is 1.53. The normalized spacial score (nSPS) is 16.6. The van der Waals surface area contributed by atoms with Crippen LogP contribution >= 0.6 is 0 Å². The number of nitrogen functional groups attached to an aromatic ring is 1. The minimum Gasteiger partial charge on any atom is -0.399 e. The van der Waals surface area contributed by atoms with Crippen molar-refractivity contribution >= 4 is 11.6 Å². The third-order valence-corrected chi connectivity index (χ3v) is 3.72. The molecule has 1 amide bonds. The van der Waals surface area contributed by atoms with Crippen molar-refractivity contribution in [2.45, 2.75) is 18.9 Å². The number of carbonyl (C=O) groups excluding carboxylic acids is 1. The van der Waals surface area contributed by atoms with Crippen LogP contribution in [-0.2, 0) is 6.42 Å². The number of rotatable bonds is 2. The number of benzene rings is 2. The van der Waals surface area contributed by atoms with Crippen molar-refractivity contribution in [3.05, 3.63) is 64.7 Å². The predicted octanol–water partition coefficient (Wildman–Crippen LogP) is 2.96. The maximum atomic E-state index is 13.6. The highest BCUT2D eigenvalue weighted by atomic mass is 19.1. The molecule has 3 N–H and O–H groups in total. The molecule has 1 aliphatic carbocycles. The van der Waals surface area contributed by atoms with Crippen molar-refractivity contribution in [3.63, 3.8) is 0 Å². The van der Waals surface area contributed by atoms with Gasteiger partial charge >= 0.3 is 0 Å². The summed E-state index contributed by atoms with van der Waals surface area (Å²) in [7, 11) is 0. The molecule has 1 aliphatic rings. The van der Waals surface area contributed by atoms with Crippen LogP contribution in [0.5, 0.6) is 0 Å². The Bertz CT molecular complexity index is 715. The van der Waals surface area contributed by atoms with Crippen molar-refractivity contribution in [2.24, 2.45) is 0 Å². The van der Waals surface area contributed by atoms with Crippen molar-refractivity contribution < 1.29 is 13.6 Å². The Morgan fingerprint density at radius 1 is 1.19 bits per heavy atom. The van der Waals surface area contributed by atoms with Gasteiger partial charge in [0.1, 0.15) is 11.6 Å². The van der Waals surface area contributed by atoms with E-state index < -0.39 is 17.5 Å². The average Bonchev–Trinajstić information content (AvgIpc) is 2.83. The molecule has 2 aromatic carbocycles. The summed E-state index contributed by atoms with van der Waals surface area (Å²) in [6.45, 7) is 0. The zero-order valence-electron chi connectivity index (χ0n) is 11.2. The topological polar surface area (TPSA) is 55.1 Å². The molecule has 0 aliphatic heterocycles. The Hall–Kier alpha value is -2.43. The zero-order valence-corrected chi connectivity index (χ0v) is 11.2. The molecule has 0 bridgehead atoms. The molecule has 0 saturated carbocycles. The van der Waals surface area contributed by atoms with E-state index in [2.05, 4.69) is 5.32 Å². The van der Waals surface area contributed by atoms with Crippen LogP contribution in [0.1, 0.15) is 33.9 Å². The zero-order chi connectivity index (χ0) is 15.0. The molecule has 0 heterocycles. The number of hydrogen-bond donors (Lipinski definition) is 2. The van der Waals surface area contributed by atoms with Crippen LogP contribution in [0.15, 0.2) is 36.4 Å². The summed E-state index contributed by atoms with van der Waals surface area (Å²) >= 11 is 0. The van der Waals surface area contributed by atoms with Gasteiger partial charge in [-0.25, -0.2) is 8.78 Å². The Labute approximate surface area is 120 Å². The molecule has 3 rings (SSSR count). The third kappa shape index (κ3) is 2.59. The standard InChI is InChI=1S/C16H14F2N2O/c17-10-2-5-14(18)13(8-10)16(21)20-15-6-1-9-7-11(19)3-4-12(9)15/h2-5,7-8,15H,1,6,19H2,(H,20,21). The molecular weight excluding hydrogens is 274 g/mol. The lowest BCUT2D eigenvalue weighted by Crippen LogP contribution is -2.28. The largest absolute Gasteiger partial charge is 0.399 e. The van der Waals surface area contributed by atoms with Gasteiger partial charge in [-0.1, -0.05) is 6.07 Å². The number of nitrogens with one attached hydrogen (secondary N) is 1. The molecule has 5 heteroatoms. The van der Waals surface area contributed by atoms with Crippen molar-refractivity contribution in [1.29, 1.82) is 0 Å². The van der Waals surface area contributed by atoms with E-state index >= 15 is 0 Å². The molecule has 0 spiro atoms. The molecule has 0 saturated heterocycles. The number of aryl methyl sites for hydroxylation is 1. The molecule has 0 aromatic heterocycles. The van der Waals surface area contributed by atoms with Crippen molar-refractivity contribution in [1.82, 2.24) is 5.32 Å². The number of carbonyl (C=O) groups is 1. The van der Waals surface area contributed by atoms with Crippen LogP contribution < -0.4 is 11.1 Å². The van der Waals surface area contributed by atoms with Gasteiger partial charge in [0, 0.05) is 5.69 Å². The highest BCUT2D eigenvalue weighted by molar-refractivity contribution is 5.94. The number of hydrogen-bond acceptors (Lipinski definition) is 2. The number of anilines is 1. The first-order valence-corrected chi connectivity index (χ1v) is 6.69. The smallest absolute Gasteiger partial charge is 0.254 e. The molecule has 3 nitrogen and oxygen atoms in total. The summed E-state index contributed by atoms with van der Waals surface area (Å²) in [5.41, 5.74) is 8.19. The fraction of sp³-hybridized carbons (Fsp3) is 0.188. The van der Waals surface area contributed by atoms with Gasteiger partial charge in [0.15, 0.2) is 0 Å². The summed E-state index contributed by atoms with van der Waals surface area (Å²) in [5, 5.41) is 2.75. The molecule has 1 unspecified atom stereocenters. The number of nitrogens with two attached hydrogens (primary N) is 1. The number of amides is 1. The summed E-state index contributed by atoms with van der Waals surface area (Å²) in [5.74, 6) is -1.98. The second kappa shape index (κ2) is 5.16. The number of halogens is 2. The van der Waals surface area contributed by atoms with E-state index in [1.165, 1.54) is 0 Å². The first-order valence-electron chi connectivity index (χ1n) is 6.69. The Morgan fingerprint density at radius 3 is 2.81 bits per heavy atom. The second-order valence-electron chi connectivity index (χ2n) is 5.15. The molecular formula is C16H14F2N2O. The van der Waals surface area contributed by atoms with E-state index in [4.69, 9.17) is 5.73 Å². The highest BCUT2D eigenvalue weighted by Gasteiger charge is 2.25. The van der Waals surface area contributed by atoms with Crippen LogP contribution in [-0.4, -0.2) is 5.91 Å². The van der Waals surface area contributed by atoms with E-state index in [1.54, 1.807) is 6.07 Å². The Morgan fingerprint density at radius 2 is 2.00 bits per heavy atom. The molecule has 1 atom stereocenters. The fourth-order valence-corrected chi connectivity index (χ4v) is 2.69. The second-order valence-corrected chi connectivity index (χ2v) is 5.15. The summed E-state index contributed by atoms with van der Waals surface area (Å²) in [4.78, 5) is 12.1. The average molecular weight is 288 g/mol. The van der Waals surface area contributed by atoms with Gasteiger partial charge in [-0.15, -0.1) is 0 Å². The quantitative estimate of drug-likeness (QED) is 0.835. The van der Waals surface area contributed by atoms with Crippen LogP contribution in [0, 0.1) is 11.6 Å². The number of fused-ring (bicyclic) bond motifs is 1. The maximum Gasteiger partial charge on any atom is 0.254 e. The van der Waals surface area contributed by atoms with Gasteiger partial charge < -0.3 is 11.1 Å². The Kier molecular flexibility index (Phi) is 3.33. The van der Waals surface area contributed by atoms with E-state index in [0.717, 1.165) is 42.2 Å². The summed E-state index contributed by atoms with van der Waals surface area (Å²) < 4.78 is 26.7. The van der Waals surface area contributed by atoms with E-state index in [0.29, 0.717) is 5.69 Å². The van der Waals surface area contributed by atoms with E-state index in [9.17, 15) is 13.6 Å². The summed E-state index contributed by atoms with van der Waals surface area (Å²) in [6, 6.07) is 8.16. The van der Waals surface area contributed by atoms with Crippen LogP contribution in [0.2, 0.25) is 0 Å². The molecule has 2 aromatic rings. The molecule has 21 heavy (non-hydrogen) atoms. The van der Waals surface area contributed by atoms with E-state index in [1.807, 2.05) is 12.1 Å². The third-order valence-electron chi connectivity index (χ3n) is 3.72. The van der Waals surface area contributed by atoms with Crippen molar-refractivity contribution in [2.75, 3.05) is 5.73 Å². The monoisotopic (exact) mass is 288 g/mol. The minimum absolute atomic E-state index is 0.198. The van der Waals surface area contributed by atoms with Gasteiger partial charge in [-0.2, -0.15) is 0 Å². The van der Waals surface area contributed by atoms with Crippen LogP contribution in [0.3, 0.4) is 0 Å². The van der Waals surface area contributed by atoms with Crippen LogP contribution in [0.25, 0.3) is 0 Å². The predicted molar refractivity (Wildman–Crippen MR) is 75.7 cm³/mol. The first kappa shape index (κ1) is 13.5. The maximum absolute atomic E-state index is 13.6. The van der Waals surface area contributed by atoms with Gasteiger partial charge in [0.25, 0.3) is 5.91 Å². The van der Waals surface area contributed by atoms with Gasteiger partial charge in [-0.3, -0.25) is 4.79 Å². The molecule has 108 valence electrons. The van der Waals surface area contributed by atoms with Gasteiger partial charge in [0.2, 0.25) is 0 Å². The molecule has 0 radical (unpaired) electrons. The van der Waals surface area contributed by atoms with Gasteiger partial charge in [0.05, 0.1) is 11.6 Å². The fourth-order valence-electron chi connectivity index (χ4n) is 2.69. The first-order chi connectivity index (χ1) is 10.0. The highest BCUT2D eigenvalue weighted by Crippen LogP contribution is 2.32. The lowest BCUT2D eigenvalue weighted by molar-refractivity contribution is 0.0932. The SMILES string of the molecule is Nc1ccc2c(c1)CCC2NC(=O)c1cc(F)ccc1F. The molecule has 0 fully saturated rings. The van der Waals surface area contributed by atoms with Crippen molar-refractivity contribution in [3.8, 4) is 0 Å². The van der Waals surface area contributed by atoms with E-state index in [-0.39, 0.29) is 11.6 Å². The minimum atomic E-state index is -0.732. The lowest BCUT2D eigenvalue weighted by Gasteiger charge is -2.14. The Balaban J connectivity index is 1.82. The van der Waals surface area contributed by atoms with Crippen LogP contribution in [0.4, 0.5) is 14.5 Å².